The third-order valence-electron chi connectivity index (χ3n) is 2.34. The highest BCUT2D eigenvalue weighted by atomic mass is 16.4. The molecule has 1 heterocycles. The number of nitrogens with zero attached hydrogens (tertiary/aromatic N) is 4. The van der Waals surface area contributed by atoms with Gasteiger partial charge in [-0.25, -0.2) is 0 Å². The van der Waals surface area contributed by atoms with Crippen molar-refractivity contribution in [3.63, 3.8) is 0 Å². The van der Waals surface area contributed by atoms with Crippen LogP contribution in [0.25, 0.3) is 0 Å². The molecule has 0 saturated heterocycles. The molecule has 0 aliphatic heterocycles. The van der Waals surface area contributed by atoms with Gasteiger partial charge in [-0.1, -0.05) is 12.1 Å². The fourth-order valence-corrected chi connectivity index (χ4v) is 1.53. The van der Waals surface area contributed by atoms with Gasteiger partial charge in [-0.15, -0.1) is 0 Å². The Labute approximate surface area is 99.5 Å². The van der Waals surface area contributed by atoms with Crippen LogP contribution in [0.2, 0.25) is 0 Å². The number of carbonyl (C=O) groups is 1. The van der Waals surface area contributed by atoms with Crippen LogP contribution in [0.15, 0.2) is 11.4 Å². The highest BCUT2D eigenvalue weighted by molar-refractivity contribution is 5.97. The number of aromatic nitrogens is 2. The zero-order valence-corrected chi connectivity index (χ0v) is 10.2. The molecule has 17 heavy (non-hydrogen) atoms. The van der Waals surface area contributed by atoms with Crippen LogP contribution in [0.1, 0.15) is 23.0 Å². The molecule has 0 radical (unpaired) electrons. The number of nitrogens with two attached hydrogens (primary N) is 1. The van der Waals surface area contributed by atoms with Gasteiger partial charge in [-0.05, 0) is 6.42 Å². The Kier molecular flexibility index (Phi) is 4.08. The lowest BCUT2D eigenvalue weighted by molar-refractivity contribution is 0.0812. The maximum atomic E-state index is 12.1. The van der Waals surface area contributed by atoms with Gasteiger partial charge in [-0.3, -0.25) is 9.48 Å². The smallest absolute Gasteiger partial charge is 0.257 e. The summed E-state index contributed by atoms with van der Waals surface area (Å²) in [5, 5.41) is 15.5. The first kappa shape index (κ1) is 13.0. The van der Waals surface area contributed by atoms with Gasteiger partial charge < -0.3 is 15.8 Å². The van der Waals surface area contributed by atoms with Gasteiger partial charge in [0.2, 0.25) is 0 Å². The maximum Gasteiger partial charge on any atom is 0.257 e. The quantitative estimate of drug-likeness (QED) is 0.329. The maximum absolute atomic E-state index is 12.1. The van der Waals surface area contributed by atoms with Gasteiger partial charge >= 0.3 is 0 Å². The predicted molar refractivity (Wildman–Crippen MR) is 63.0 cm³/mol. The van der Waals surface area contributed by atoms with Crippen molar-refractivity contribution in [1.82, 2.24) is 14.7 Å². The van der Waals surface area contributed by atoms with Crippen molar-refractivity contribution in [1.29, 1.82) is 0 Å². The monoisotopic (exact) mass is 239 g/mol. The van der Waals surface area contributed by atoms with E-state index in [1.54, 1.807) is 25.0 Å². The Hall–Kier alpha value is -2.05. The molecule has 0 atom stereocenters. The SMILES string of the molecule is CCc1nn(C)cc1C(=O)N(C)C/C(N)=N/O. The van der Waals surface area contributed by atoms with Crippen LogP contribution < -0.4 is 5.73 Å². The summed E-state index contributed by atoms with van der Waals surface area (Å²) in [5.41, 5.74) is 6.64. The molecule has 0 spiro atoms. The van der Waals surface area contributed by atoms with Crippen LogP contribution in [0.3, 0.4) is 0 Å². The van der Waals surface area contributed by atoms with E-state index in [2.05, 4.69) is 10.3 Å². The standard InChI is InChI=1S/C10H17N5O2/c1-4-8-7(5-15(3)12-8)10(16)14(2)6-9(11)13-17/h5,17H,4,6H2,1-3H3,(H2,11,13). The van der Waals surface area contributed by atoms with E-state index in [9.17, 15) is 4.79 Å². The number of aryl methyl sites for hydroxylation is 2. The fourth-order valence-electron chi connectivity index (χ4n) is 1.53. The summed E-state index contributed by atoms with van der Waals surface area (Å²) in [6.07, 6.45) is 2.35. The first-order chi connectivity index (χ1) is 7.99. The predicted octanol–water partition coefficient (Wildman–Crippen LogP) is -0.199. The molecule has 3 N–H and O–H groups in total. The molecule has 0 unspecified atom stereocenters. The van der Waals surface area contributed by atoms with Crippen molar-refractivity contribution >= 4 is 11.7 Å². The van der Waals surface area contributed by atoms with E-state index in [0.29, 0.717) is 12.0 Å². The molecule has 0 aliphatic carbocycles. The molecule has 0 saturated carbocycles. The first-order valence-corrected chi connectivity index (χ1v) is 5.24. The second kappa shape index (κ2) is 5.33. The van der Waals surface area contributed by atoms with Crippen LogP contribution in [0, 0.1) is 0 Å². The van der Waals surface area contributed by atoms with Crippen molar-refractivity contribution in [3.05, 3.63) is 17.5 Å². The molecule has 7 heteroatoms. The lowest BCUT2D eigenvalue weighted by atomic mass is 10.2. The van der Waals surface area contributed by atoms with E-state index < -0.39 is 0 Å². The third-order valence-corrected chi connectivity index (χ3v) is 2.34. The molecule has 1 aromatic heterocycles. The van der Waals surface area contributed by atoms with Crippen LogP contribution in [-0.4, -0.2) is 45.2 Å². The molecule has 0 aromatic carbocycles. The number of amides is 1. The van der Waals surface area contributed by atoms with Crippen molar-refractivity contribution in [2.45, 2.75) is 13.3 Å². The van der Waals surface area contributed by atoms with Crippen LogP contribution in [0.4, 0.5) is 0 Å². The summed E-state index contributed by atoms with van der Waals surface area (Å²) in [6.45, 7) is 2.01. The Balaban J connectivity index is 2.88. The van der Waals surface area contributed by atoms with Gasteiger partial charge in [0, 0.05) is 20.3 Å². The molecule has 94 valence electrons. The number of oxime groups is 1. The molecule has 7 nitrogen and oxygen atoms in total. The normalized spacial score (nSPS) is 11.6. The van der Waals surface area contributed by atoms with Gasteiger partial charge in [0.1, 0.15) is 0 Å². The van der Waals surface area contributed by atoms with Gasteiger partial charge in [0.05, 0.1) is 17.8 Å². The number of rotatable bonds is 4. The second-order valence-electron chi connectivity index (χ2n) is 3.77. The van der Waals surface area contributed by atoms with E-state index in [1.807, 2.05) is 6.92 Å². The van der Waals surface area contributed by atoms with E-state index >= 15 is 0 Å². The van der Waals surface area contributed by atoms with E-state index in [-0.39, 0.29) is 18.3 Å². The molecule has 1 aromatic rings. The lowest BCUT2D eigenvalue weighted by Gasteiger charge is -2.15. The topological polar surface area (TPSA) is 96.7 Å². The minimum atomic E-state index is -0.193. The Morgan fingerprint density at radius 1 is 1.71 bits per heavy atom. The molecule has 1 rings (SSSR count). The van der Waals surface area contributed by atoms with Crippen LogP contribution in [0.5, 0.6) is 0 Å². The van der Waals surface area contributed by atoms with E-state index in [0.717, 1.165) is 5.69 Å². The highest BCUT2D eigenvalue weighted by Gasteiger charge is 2.18. The van der Waals surface area contributed by atoms with Gasteiger partial charge in [-0.2, -0.15) is 5.10 Å². The van der Waals surface area contributed by atoms with Crippen molar-refractivity contribution in [3.8, 4) is 0 Å². The van der Waals surface area contributed by atoms with E-state index in [1.165, 1.54) is 4.90 Å². The minimum absolute atomic E-state index is 0.0113. The Morgan fingerprint density at radius 2 is 2.35 bits per heavy atom. The van der Waals surface area contributed by atoms with Crippen molar-refractivity contribution < 1.29 is 10.0 Å². The fraction of sp³-hybridized carbons (Fsp3) is 0.500. The van der Waals surface area contributed by atoms with E-state index in [4.69, 9.17) is 10.9 Å². The first-order valence-electron chi connectivity index (χ1n) is 5.24. The van der Waals surface area contributed by atoms with Crippen LogP contribution >= 0.6 is 0 Å². The lowest BCUT2D eigenvalue weighted by Crippen LogP contribution is -2.35. The van der Waals surface area contributed by atoms with Crippen LogP contribution in [-0.2, 0) is 13.5 Å². The molecular weight excluding hydrogens is 222 g/mol. The third kappa shape index (κ3) is 2.96. The zero-order valence-electron chi connectivity index (χ0n) is 10.2. The summed E-state index contributed by atoms with van der Waals surface area (Å²) in [7, 11) is 3.35. The minimum Gasteiger partial charge on any atom is -0.409 e. The number of likely N-dealkylation sites (N-methyl/N-ethyl adjacent to an activating group) is 1. The average molecular weight is 239 g/mol. The summed E-state index contributed by atoms with van der Waals surface area (Å²) in [6, 6.07) is 0. The highest BCUT2D eigenvalue weighted by Crippen LogP contribution is 2.09. The largest absolute Gasteiger partial charge is 0.409 e. The van der Waals surface area contributed by atoms with Crippen molar-refractivity contribution in [2.24, 2.45) is 17.9 Å². The zero-order chi connectivity index (χ0) is 13.0. The average Bonchev–Trinajstić information content (AvgIpc) is 2.69. The molecule has 0 fully saturated rings. The number of amidine groups is 1. The molecule has 1 amide bonds. The number of carbonyl (C=O) groups excluding carboxylic acids is 1. The number of hydrogen-bond donors (Lipinski definition) is 2. The molecule has 0 bridgehead atoms. The van der Waals surface area contributed by atoms with Crippen molar-refractivity contribution in [2.75, 3.05) is 13.6 Å². The number of hydrogen-bond acceptors (Lipinski definition) is 4. The molecule has 0 aliphatic rings. The summed E-state index contributed by atoms with van der Waals surface area (Å²) in [5.74, 6) is -0.204. The Morgan fingerprint density at radius 3 is 2.88 bits per heavy atom. The summed E-state index contributed by atoms with van der Waals surface area (Å²) in [4.78, 5) is 13.4. The summed E-state index contributed by atoms with van der Waals surface area (Å²) >= 11 is 0. The molecular formula is C10H17N5O2. The second-order valence-corrected chi connectivity index (χ2v) is 3.77. The van der Waals surface area contributed by atoms with Gasteiger partial charge in [0.25, 0.3) is 5.91 Å². The summed E-state index contributed by atoms with van der Waals surface area (Å²) < 4.78 is 1.60. The Bertz CT molecular complexity index is 438. The van der Waals surface area contributed by atoms with Gasteiger partial charge in [0.15, 0.2) is 5.84 Å².